The Balaban J connectivity index is 1.95. The fraction of sp³-hybridized carbons (Fsp3) is 0.615. The number of phenolic OH excluding ortho intramolecular Hbond substituents is 1. The van der Waals surface area contributed by atoms with Crippen LogP contribution in [0.2, 0.25) is 0 Å². The third kappa shape index (κ3) is 8.73. The number of ether oxygens (including phenoxy) is 1. The van der Waals surface area contributed by atoms with Crippen LogP contribution < -0.4 is 10.6 Å². The summed E-state index contributed by atoms with van der Waals surface area (Å²) in [6.07, 6.45) is 0.906. The lowest BCUT2D eigenvalue weighted by Crippen LogP contribution is -2.55. The fourth-order valence-electron chi connectivity index (χ4n) is 4.03. The molecule has 4 N–H and O–H groups in total. The molecule has 3 amide bonds. The average Bonchev–Trinajstić information content (AvgIpc) is 2.81. The molecule has 0 radical (unpaired) electrons. The van der Waals surface area contributed by atoms with Crippen molar-refractivity contribution in [3.8, 4) is 5.75 Å². The van der Waals surface area contributed by atoms with Gasteiger partial charge in [-0.2, -0.15) is 0 Å². The maximum atomic E-state index is 13.2. The Morgan fingerprint density at radius 3 is 2.17 bits per heavy atom. The lowest BCUT2D eigenvalue weighted by molar-refractivity contribution is -0.143. The second-order valence-electron chi connectivity index (χ2n) is 10.4. The molecule has 1 fully saturated rings. The maximum Gasteiger partial charge on any atom is 0.408 e. The second kappa shape index (κ2) is 12.6. The molecule has 1 aromatic rings. The summed E-state index contributed by atoms with van der Waals surface area (Å²) in [4.78, 5) is 51.7. The summed E-state index contributed by atoms with van der Waals surface area (Å²) < 4.78 is 5.32. The molecule has 0 spiro atoms. The third-order valence-corrected chi connectivity index (χ3v) is 6.32. The number of piperidine rings is 1. The van der Waals surface area contributed by atoms with E-state index in [1.165, 1.54) is 12.1 Å². The van der Waals surface area contributed by atoms with E-state index in [4.69, 9.17) is 4.74 Å². The fourth-order valence-corrected chi connectivity index (χ4v) is 4.03. The van der Waals surface area contributed by atoms with Crippen LogP contribution in [0.1, 0.15) is 59.4 Å². The molecule has 0 unspecified atom stereocenters. The molecule has 1 heterocycles. The molecule has 0 aliphatic carbocycles. The zero-order valence-corrected chi connectivity index (χ0v) is 21.7. The van der Waals surface area contributed by atoms with Crippen LogP contribution in [0.5, 0.6) is 5.75 Å². The molecule has 0 aromatic heterocycles. The van der Waals surface area contributed by atoms with Crippen LogP contribution in [0.4, 0.5) is 4.79 Å². The Bertz CT molecular complexity index is 918. The van der Waals surface area contributed by atoms with Crippen molar-refractivity contribution in [2.24, 2.45) is 11.8 Å². The van der Waals surface area contributed by atoms with Gasteiger partial charge < -0.3 is 30.5 Å². The first-order valence-corrected chi connectivity index (χ1v) is 12.4. The average molecular weight is 506 g/mol. The summed E-state index contributed by atoms with van der Waals surface area (Å²) in [7, 11) is 0. The standard InChI is InChI=1S/C26H39N3O7/c1-6-16(2)21(28-25(35)36-26(3,4)5)23(32)29-13-11-18(12-14-29)22(31)27-20(24(33)34)15-17-7-9-19(30)10-8-17/h7-10,16,18,20-21,30H,6,11-15H2,1-5H3,(H,27,31)(H,28,35)(H,33,34)/t16-,20-,21-/m0/s1. The number of aromatic hydroxyl groups is 1. The van der Waals surface area contributed by atoms with Crippen LogP contribution in [0.3, 0.4) is 0 Å². The van der Waals surface area contributed by atoms with Crippen LogP contribution in [0.15, 0.2) is 24.3 Å². The number of carbonyl (C=O) groups excluding carboxylic acids is 3. The first-order valence-electron chi connectivity index (χ1n) is 12.4. The van der Waals surface area contributed by atoms with Gasteiger partial charge in [-0.05, 0) is 57.2 Å². The first kappa shape index (κ1) is 28.9. The highest BCUT2D eigenvalue weighted by molar-refractivity contribution is 5.87. The normalized spacial score (nSPS) is 17.0. The smallest absolute Gasteiger partial charge is 0.408 e. The van der Waals surface area contributed by atoms with E-state index < -0.39 is 35.7 Å². The van der Waals surface area contributed by atoms with Crippen LogP contribution in [0, 0.1) is 11.8 Å². The first-order chi connectivity index (χ1) is 16.8. The summed E-state index contributed by atoms with van der Waals surface area (Å²) in [6.45, 7) is 9.74. The maximum absolute atomic E-state index is 13.2. The number of carbonyl (C=O) groups is 4. The number of nitrogens with one attached hydrogen (secondary N) is 2. The van der Waals surface area contributed by atoms with Crippen LogP contribution in [0.25, 0.3) is 0 Å². The molecule has 1 aliphatic heterocycles. The van der Waals surface area contributed by atoms with Gasteiger partial charge in [-0.3, -0.25) is 9.59 Å². The van der Waals surface area contributed by atoms with Crippen molar-refractivity contribution in [2.45, 2.75) is 78.0 Å². The number of likely N-dealkylation sites (tertiary alicyclic amines) is 1. The van der Waals surface area contributed by atoms with Crippen molar-refractivity contribution < 1.29 is 34.1 Å². The van der Waals surface area contributed by atoms with Crippen molar-refractivity contribution in [3.63, 3.8) is 0 Å². The highest BCUT2D eigenvalue weighted by Crippen LogP contribution is 2.21. The molecular formula is C26H39N3O7. The molecular weight excluding hydrogens is 466 g/mol. The Hall–Kier alpha value is -3.30. The minimum atomic E-state index is -1.14. The van der Waals surface area contributed by atoms with Crippen molar-refractivity contribution in [2.75, 3.05) is 13.1 Å². The lowest BCUT2D eigenvalue weighted by Gasteiger charge is -2.35. The molecule has 1 aromatic carbocycles. The van der Waals surface area contributed by atoms with E-state index in [2.05, 4.69) is 10.6 Å². The van der Waals surface area contributed by atoms with Gasteiger partial charge in [0.15, 0.2) is 0 Å². The van der Waals surface area contributed by atoms with Gasteiger partial charge in [0.1, 0.15) is 23.4 Å². The van der Waals surface area contributed by atoms with Crippen molar-refractivity contribution in [1.82, 2.24) is 15.5 Å². The van der Waals surface area contributed by atoms with Crippen molar-refractivity contribution in [1.29, 1.82) is 0 Å². The monoisotopic (exact) mass is 505 g/mol. The van der Waals surface area contributed by atoms with Crippen LogP contribution >= 0.6 is 0 Å². The summed E-state index contributed by atoms with van der Waals surface area (Å²) in [5, 5.41) is 24.3. The lowest BCUT2D eigenvalue weighted by atomic mass is 9.92. The third-order valence-electron chi connectivity index (χ3n) is 6.32. The predicted octanol–water partition coefficient (Wildman–Crippen LogP) is 2.68. The van der Waals surface area contributed by atoms with E-state index in [1.54, 1.807) is 37.8 Å². The van der Waals surface area contributed by atoms with Crippen molar-refractivity contribution in [3.05, 3.63) is 29.8 Å². The molecule has 1 aliphatic rings. The molecule has 0 saturated carbocycles. The number of carboxylic acid groups (broad SMARTS) is 1. The molecule has 10 nitrogen and oxygen atoms in total. The Labute approximate surface area is 212 Å². The Kier molecular flexibility index (Phi) is 10.1. The minimum Gasteiger partial charge on any atom is -0.508 e. The molecule has 10 heteroatoms. The number of rotatable bonds is 9. The largest absolute Gasteiger partial charge is 0.508 e. The molecule has 200 valence electrons. The SMILES string of the molecule is CC[C@H](C)[C@H](NC(=O)OC(C)(C)C)C(=O)N1CCC(C(=O)N[C@@H](Cc2ccc(O)cc2)C(=O)O)CC1. The summed E-state index contributed by atoms with van der Waals surface area (Å²) in [5.41, 5.74) is -0.0101. The highest BCUT2D eigenvalue weighted by Gasteiger charge is 2.35. The molecule has 2 rings (SSSR count). The minimum absolute atomic E-state index is 0.0767. The predicted molar refractivity (Wildman–Crippen MR) is 133 cm³/mol. The Morgan fingerprint density at radius 2 is 1.67 bits per heavy atom. The summed E-state index contributed by atoms with van der Waals surface area (Å²) in [5.74, 6) is -2.18. The van der Waals surface area contributed by atoms with E-state index in [0.717, 1.165) is 0 Å². The van der Waals surface area contributed by atoms with Gasteiger partial charge in [0.05, 0.1) is 0 Å². The molecule has 1 saturated heterocycles. The number of aliphatic carboxylic acids is 1. The van der Waals surface area contributed by atoms with Crippen LogP contribution in [-0.4, -0.2) is 69.8 Å². The zero-order valence-electron chi connectivity index (χ0n) is 21.7. The second-order valence-corrected chi connectivity index (χ2v) is 10.4. The summed E-state index contributed by atoms with van der Waals surface area (Å²) in [6, 6.07) is 4.31. The number of amides is 3. The number of benzene rings is 1. The van der Waals surface area contributed by atoms with Gasteiger partial charge in [-0.25, -0.2) is 9.59 Å². The Morgan fingerprint density at radius 1 is 1.08 bits per heavy atom. The van der Waals surface area contributed by atoms with E-state index in [9.17, 15) is 29.4 Å². The highest BCUT2D eigenvalue weighted by atomic mass is 16.6. The number of hydrogen-bond donors (Lipinski definition) is 4. The van der Waals surface area contributed by atoms with E-state index in [-0.39, 0.29) is 29.9 Å². The van der Waals surface area contributed by atoms with E-state index in [0.29, 0.717) is 37.9 Å². The quantitative estimate of drug-likeness (QED) is 0.404. The topological polar surface area (TPSA) is 145 Å². The van der Waals surface area contributed by atoms with Crippen LogP contribution in [-0.2, 0) is 25.5 Å². The van der Waals surface area contributed by atoms with Gasteiger partial charge in [0, 0.05) is 25.4 Å². The molecule has 0 bridgehead atoms. The van der Waals surface area contributed by atoms with E-state index in [1.807, 2.05) is 13.8 Å². The van der Waals surface area contributed by atoms with Gasteiger partial charge >= 0.3 is 12.1 Å². The van der Waals surface area contributed by atoms with E-state index >= 15 is 0 Å². The van der Waals surface area contributed by atoms with Gasteiger partial charge in [-0.15, -0.1) is 0 Å². The molecule has 3 atom stereocenters. The number of alkyl carbamates (subject to hydrolysis) is 1. The number of hydrogen-bond acceptors (Lipinski definition) is 6. The summed E-state index contributed by atoms with van der Waals surface area (Å²) >= 11 is 0. The van der Waals surface area contributed by atoms with Gasteiger partial charge in [0.2, 0.25) is 11.8 Å². The van der Waals surface area contributed by atoms with Crippen molar-refractivity contribution >= 4 is 23.9 Å². The number of nitrogens with zero attached hydrogens (tertiary/aromatic N) is 1. The van der Waals surface area contributed by atoms with Gasteiger partial charge in [0.25, 0.3) is 0 Å². The van der Waals surface area contributed by atoms with Gasteiger partial charge in [-0.1, -0.05) is 32.4 Å². The number of carboxylic acids is 1. The molecule has 36 heavy (non-hydrogen) atoms. The number of phenols is 1. The zero-order chi connectivity index (χ0) is 27.0.